The highest BCUT2D eigenvalue weighted by Gasteiger charge is 2.24. The molecule has 0 atom stereocenters. The molecule has 6 heteroatoms. The normalized spacial score (nSPS) is 17.2. The number of carbonyl (C=O) groups is 2. The molecule has 1 rings (SSSR count). The molecular formula is C14H26N2O4. The van der Waals surface area contributed by atoms with E-state index in [0.717, 1.165) is 13.1 Å². The van der Waals surface area contributed by atoms with Gasteiger partial charge in [-0.05, 0) is 26.7 Å². The highest BCUT2D eigenvalue weighted by atomic mass is 16.4. The number of aliphatic carboxylic acids is 1. The summed E-state index contributed by atoms with van der Waals surface area (Å²) in [5, 5.41) is 18.3. The molecular weight excluding hydrogens is 260 g/mol. The molecule has 0 aromatic carbocycles. The van der Waals surface area contributed by atoms with Crippen molar-refractivity contribution in [2.45, 2.75) is 45.1 Å². The van der Waals surface area contributed by atoms with Gasteiger partial charge in [-0.15, -0.1) is 0 Å². The quantitative estimate of drug-likeness (QED) is 0.668. The van der Waals surface area contributed by atoms with Crippen LogP contribution in [0.2, 0.25) is 0 Å². The Labute approximate surface area is 120 Å². The summed E-state index contributed by atoms with van der Waals surface area (Å²) in [5.41, 5.74) is -0.705. The van der Waals surface area contributed by atoms with Crippen LogP contribution >= 0.6 is 0 Å². The number of carboxylic acid groups (broad SMARTS) is 1. The van der Waals surface area contributed by atoms with Gasteiger partial charge in [0.1, 0.15) is 0 Å². The van der Waals surface area contributed by atoms with Gasteiger partial charge in [0.05, 0.1) is 5.60 Å². The minimum absolute atomic E-state index is 0.110. The van der Waals surface area contributed by atoms with E-state index < -0.39 is 11.6 Å². The molecule has 1 fully saturated rings. The fourth-order valence-corrected chi connectivity index (χ4v) is 2.41. The predicted octanol–water partition coefficient (Wildman–Crippen LogP) is 0.547. The molecule has 0 bridgehead atoms. The van der Waals surface area contributed by atoms with Crippen LogP contribution in [0.4, 0.5) is 0 Å². The molecule has 1 amide bonds. The topological polar surface area (TPSA) is 81.1 Å². The van der Waals surface area contributed by atoms with Crippen molar-refractivity contribution in [3.63, 3.8) is 0 Å². The molecule has 6 nitrogen and oxygen atoms in total. The van der Waals surface area contributed by atoms with Crippen molar-refractivity contribution in [1.29, 1.82) is 0 Å². The van der Waals surface area contributed by atoms with Crippen LogP contribution in [0.25, 0.3) is 0 Å². The van der Waals surface area contributed by atoms with Crippen LogP contribution in [0.3, 0.4) is 0 Å². The van der Waals surface area contributed by atoms with E-state index in [1.54, 1.807) is 13.8 Å². The molecule has 2 N–H and O–H groups in total. The molecule has 1 aliphatic rings. The van der Waals surface area contributed by atoms with Crippen molar-refractivity contribution in [3.05, 3.63) is 0 Å². The SMILES string of the molecule is CC(C)(O)CN1CCN(C(=O)CCCCC(=O)O)CC1. The third-order valence-electron chi connectivity index (χ3n) is 3.37. The Hall–Kier alpha value is -1.14. The molecule has 0 aromatic heterocycles. The zero-order valence-electron chi connectivity index (χ0n) is 12.5. The molecule has 0 aliphatic carbocycles. The monoisotopic (exact) mass is 286 g/mol. The first-order valence-corrected chi connectivity index (χ1v) is 7.22. The second-order valence-corrected chi connectivity index (χ2v) is 6.07. The number of piperazine rings is 1. The molecule has 20 heavy (non-hydrogen) atoms. The minimum Gasteiger partial charge on any atom is -0.481 e. The van der Waals surface area contributed by atoms with Crippen LogP contribution in [-0.2, 0) is 9.59 Å². The van der Waals surface area contributed by atoms with E-state index in [-0.39, 0.29) is 12.3 Å². The van der Waals surface area contributed by atoms with E-state index >= 15 is 0 Å². The zero-order chi connectivity index (χ0) is 15.2. The van der Waals surface area contributed by atoms with Crippen molar-refractivity contribution >= 4 is 11.9 Å². The van der Waals surface area contributed by atoms with E-state index in [2.05, 4.69) is 4.90 Å². The average molecular weight is 286 g/mol. The lowest BCUT2D eigenvalue weighted by Gasteiger charge is -2.37. The van der Waals surface area contributed by atoms with E-state index in [4.69, 9.17) is 5.11 Å². The molecule has 0 unspecified atom stereocenters. The maximum Gasteiger partial charge on any atom is 0.303 e. The van der Waals surface area contributed by atoms with Crippen molar-refractivity contribution in [2.75, 3.05) is 32.7 Å². The van der Waals surface area contributed by atoms with Crippen molar-refractivity contribution in [2.24, 2.45) is 0 Å². The van der Waals surface area contributed by atoms with Crippen LogP contribution in [0, 0.1) is 0 Å². The number of nitrogens with zero attached hydrogens (tertiary/aromatic N) is 2. The van der Waals surface area contributed by atoms with Gasteiger partial charge in [-0.3, -0.25) is 14.5 Å². The lowest BCUT2D eigenvalue weighted by molar-refractivity contribution is -0.138. The first-order valence-electron chi connectivity index (χ1n) is 7.22. The molecule has 1 saturated heterocycles. The standard InChI is InChI=1S/C14H26N2O4/c1-14(2,20)11-15-7-9-16(10-8-15)12(17)5-3-4-6-13(18)19/h20H,3-11H2,1-2H3,(H,18,19). The Bertz CT molecular complexity index is 331. The lowest BCUT2D eigenvalue weighted by atomic mass is 10.1. The van der Waals surface area contributed by atoms with Crippen LogP contribution in [0.1, 0.15) is 39.5 Å². The Morgan fingerprint density at radius 2 is 1.60 bits per heavy atom. The first-order chi connectivity index (χ1) is 9.28. The number of unbranched alkanes of at least 4 members (excludes halogenated alkanes) is 1. The van der Waals surface area contributed by atoms with Crippen LogP contribution in [0.5, 0.6) is 0 Å². The van der Waals surface area contributed by atoms with Gasteiger partial charge in [-0.2, -0.15) is 0 Å². The number of aliphatic hydroxyl groups is 1. The van der Waals surface area contributed by atoms with E-state index in [0.29, 0.717) is 38.9 Å². The Kier molecular flexibility index (Phi) is 6.42. The van der Waals surface area contributed by atoms with Gasteiger partial charge in [-0.25, -0.2) is 0 Å². The molecule has 0 spiro atoms. The van der Waals surface area contributed by atoms with Gasteiger partial charge in [0.25, 0.3) is 0 Å². The van der Waals surface area contributed by atoms with Crippen molar-refractivity contribution in [1.82, 2.24) is 9.80 Å². The summed E-state index contributed by atoms with van der Waals surface area (Å²) in [5.74, 6) is -0.698. The Morgan fingerprint density at radius 1 is 1.05 bits per heavy atom. The number of hydrogen-bond acceptors (Lipinski definition) is 4. The number of amides is 1. The molecule has 0 saturated carbocycles. The summed E-state index contributed by atoms with van der Waals surface area (Å²) in [6.07, 6.45) is 1.75. The van der Waals surface area contributed by atoms with Crippen LogP contribution in [0.15, 0.2) is 0 Å². The molecule has 1 aliphatic heterocycles. The minimum atomic E-state index is -0.808. The number of carbonyl (C=O) groups excluding carboxylic acids is 1. The summed E-state index contributed by atoms with van der Waals surface area (Å²) in [7, 11) is 0. The second kappa shape index (κ2) is 7.59. The van der Waals surface area contributed by atoms with E-state index in [1.807, 2.05) is 4.90 Å². The summed E-state index contributed by atoms with van der Waals surface area (Å²) in [6.45, 7) is 7.13. The average Bonchev–Trinajstić information content (AvgIpc) is 2.33. The first kappa shape index (κ1) is 16.9. The number of β-amino-alcohol motifs (C(OH)–C–C–N with tert-alkyl or cyclic N) is 1. The fourth-order valence-electron chi connectivity index (χ4n) is 2.41. The van der Waals surface area contributed by atoms with E-state index in [9.17, 15) is 14.7 Å². The number of rotatable bonds is 7. The number of hydrogen-bond donors (Lipinski definition) is 2. The highest BCUT2D eigenvalue weighted by Crippen LogP contribution is 2.10. The number of carboxylic acids is 1. The largest absolute Gasteiger partial charge is 0.481 e. The van der Waals surface area contributed by atoms with Gasteiger partial charge in [0.2, 0.25) is 5.91 Å². The Balaban J connectivity index is 2.20. The van der Waals surface area contributed by atoms with E-state index in [1.165, 1.54) is 0 Å². The smallest absolute Gasteiger partial charge is 0.303 e. The van der Waals surface area contributed by atoms with Gasteiger partial charge in [0, 0.05) is 45.6 Å². The third-order valence-corrected chi connectivity index (χ3v) is 3.37. The van der Waals surface area contributed by atoms with Crippen molar-refractivity contribution < 1.29 is 19.8 Å². The summed E-state index contributed by atoms with van der Waals surface area (Å²) >= 11 is 0. The van der Waals surface area contributed by atoms with Gasteiger partial charge in [-0.1, -0.05) is 0 Å². The predicted molar refractivity (Wildman–Crippen MR) is 75.4 cm³/mol. The maximum atomic E-state index is 11.9. The van der Waals surface area contributed by atoms with Crippen molar-refractivity contribution in [3.8, 4) is 0 Å². The maximum absolute atomic E-state index is 11.9. The second-order valence-electron chi connectivity index (χ2n) is 6.07. The van der Waals surface area contributed by atoms with Gasteiger partial charge < -0.3 is 15.1 Å². The lowest BCUT2D eigenvalue weighted by Crippen LogP contribution is -2.51. The fraction of sp³-hybridized carbons (Fsp3) is 0.857. The molecule has 0 aromatic rings. The zero-order valence-corrected chi connectivity index (χ0v) is 12.5. The summed E-state index contributed by atoms with van der Waals surface area (Å²) in [6, 6.07) is 0. The Morgan fingerprint density at radius 3 is 2.10 bits per heavy atom. The molecule has 0 radical (unpaired) electrons. The summed E-state index contributed by atoms with van der Waals surface area (Å²) in [4.78, 5) is 26.3. The highest BCUT2D eigenvalue weighted by molar-refractivity contribution is 5.76. The van der Waals surface area contributed by atoms with Gasteiger partial charge in [0.15, 0.2) is 0 Å². The summed E-state index contributed by atoms with van der Waals surface area (Å²) < 4.78 is 0. The molecule has 1 heterocycles. The van der Waals surface area contributed by atoms with Gasteiger partial charge >= 0.3 is 5.97 Å². The van der Waals surface area contributed by atoms with Crippen LogP contribution in [-0.4, -0.2) is 70.2 Å². The third kappa shape index (κ3) is 6.86. The van der Waals surface area contributed by atoms with Crippen LogP contribution < -0.4 is 0 Å². The molecule has 116 valence electrons.